The number of ether oxygens (including phenoxy) is 1. The number of carbonyl (C=O) groups excluding carboxylic acids is 2. The highest BCUT2D eigenvalue weighted by Crippen LogP contribution is 2.34. The van der Waals surface area contributed by atoms with E-state index in [1.54, 1.807) is 6.07 Å². The van der Waals surface area contributed by atoms with Gasteiger partial charge in [0.2, 0.25) is 0 Å². The second-order valence-corrected chi connectivity index (χ2v) is 7.13. The maximum Gasteiger partial charge on any atom is 0.265 e. The lowest BCUT2D eigenvalue weighted by Gasteiger charge is -2.22. The molecule has 1 heterocycles. The molecule has 0 saturated heterocycles. The van der Waals surface area contributed by atoms with Crippen molar-refractivity contribution in [2.75, 3.05) is 18.1 Å². The summed E-state index contributed by atoms with van der Waals surface area (Å²) in [6, 6.07) is 5.16. The van der Waals surface area contributed by atoms with Gasteiger partial charge in [-0.2, -0.15) is 0 Å². The maximum atomic E-state index is 14.7. The number of nitrogens with zero attached hydrogens (tertiary/aromatic N) is 1. The van der Waals surface area contributed by atoms with Gasteiger partial charge in [-0.05, 0) is 51.7 Å². The minimum Gasteiger partial charge on any atom is -0.491 e. The number of benzene rings is 2. The first-order valence-corrected chi connectivity index (χ1v) is 8.85. The van der Waals surface area contributed by atoms with Crippen LogP contribution in [0.4, 0.5) is 14.5 Å². The molecule has 7 heteroatoms. The lowest BCUT2D eigenvalue weighted by Crippen LogP contribution is -2.33. The summed E-state index contributed by atoms with van der Waals surface area (Å²) < 4.78 is 34.3. The number of halogens is 3. The summed E-state index contributed by atoms with van der Waals surface area (Å²) >= 11 is 3.12. The van der Waals surface area contributed by atoms with E-state index >= 15 is 0 Å². The third-order valence-electron chi connectivity index (χ3n) is 4.26. The first-order chi connectivity index (χ1) is 12.3. The SMILES string of the molecule is CC(C)c1cc(F)c2c(c1)OCCN(c1cc(F)cc(Br)c1C=O)C2=O. The van der Waals surface area contributed by atoms with Crippen LogP contribution in [0.1, 0.15) is 46.0 Å². The normalized spacial score (nSPS) is 14.1. The molecule has 0 atom stereocenters. The van der Waals surface area contributed by atoms with Crippen molar-refractivity contribution in [2.24, 2.45) is 0 Å². The predicted molar refractivity (Wildman–Crippen MR) is 97.1 cm³/mol. The van der Waals surface area contributed by atoms with Crippen molar-refractivity contribution in [1.29, 1.82) is 0 Å². The molecule has 0 bridgehead atoms. The minimum atomic E-state index is -0.703. The second-order valence-electron chi connectivity index (χ2n) is 6.27. The van der Waals surface area contributed by atoms with Crippen LogP contribution in [0.3, 0.4) is 0 Å². The van der Waals surface area contributed by atoms with Crippen molar-refractivity contribution in [1.82, 2.24) is 0 Å². The Kier molecular flexibility index (Phi) is 5.09. The van der Waals surface area contributed by atoms with Crippen molar-refractivity contribution < 1.29 is 23.1 Å². The Morgan fingerprint density at radius 1 is 1.23 bits per heavy atom. The van der Waals surface area contributed by atoms with Crippen molar-refractivity contribution in [2.45, 2.75) is 19.8 Å². The van der Waals surface area contributed by atoms with E-state index in [2.05, 4.69) is 15.9 Å². The lowest BCUT2D eigenvalue weighted by molar-refractivity contribution is 0.0986. The molecule has 2 aromatic rings. The first kappa shape index (κ1) is 18.5. The van der Waals surface area contributed by atoms with Gasteiger partial charge in [-0.3, -0.25) is 9.59 Å². The molecular formula is C19H16BrF2NO3. The van der Waals surface area contributed by atoms with Crippen LogP contribution in [-0.4, -0.2) is 25.3 Å². The van der Waals surface area contributed by atoms with Gasteiger partial charge in [0.25, 0.3) is 5.91 Å². The molecule has 0 fully saturated rings. The highest BCUT2D eigenvalue weighted by atomic mass is 79.9. The molecule has 0 N–H and O–H groups in total. The van der Waals surface area contributed by atoms with E-state index in [0.29, 0.717) is 11.8 Å². The predicted octanol–water partition coefficient (Wildman–Crippen LogP) is 4.70. The van der Waals surface area contributed by atoms with Gasteiger partial charge in [0.15, 0.2) is 6.29 Å². The number of amides is 1. The fourth-order valence-corrected chi connectivity index (χ4v) is 3.40. The highest BCUT2D eigenvalue weighted by Gasteiger charge is 2.30. The zero-order chi connectivity index (χ0) is 19.0. The Balaban J connectivity index is 2.15. The van der Waals surface area contributed by atoms with Gasteiger partial charge in [-0.25, -0.2) is 8.78 Å². The summed E-state index contributed by atoms with van der Waals surface area (Å²) in [4.78, 5) is 25.6. The molecule has 2 aromatic carbocycles. The average molecular weight is 424 g/mol. The molecule has 0 saturated carbocycles. The Hall–Kier alpha value is -2.28. The fourth-order valence-electron chi connectivity index (χ4n) is 2.88. The van der Waals surface area contributed by atoms with Gasteiger partial charge < -0.3 is 9.64 Å². The van der Waals surface area contributed by atoms with E-state index in [0.717, 1.165) is 12.1 Å². The number of carbonyl (C=O) groups is 2. The number of aldehydes is 1. The van der Waals surface area contributed by atoms with Crippen molar-refractivity contribution >= 4 is 33.8 Å². The van der Waals surface area contributed by atoms with Crippen LogP contribution in [0.5, 0.6) is 5.75 Å². The van der Waals surface area contributed by atoms with E-state index < -0.39 is 17.5 Å². The molecule has 0 radical (unpaired) electrons. The molecule has 136 valence electrons. The van der Waals surface area contributed by atoms with Gasteiger partial charge in [0.05, 0.1) is 17.8 Å². The summed E-state index contributed by atoms with van der Waals surface area (Å²) in [6.45, 7) is 3.96. The van der Waals surface area contributed by atoms with Gasteiger partial charge in [0.1, 0.15) is 29.6 Å². The zero-order valence-electron chi connectivity index (χ0n) is 14.2. The molecule has 4 nitrogen and oxygen atoms in total. The summed E-state index contributed by atoms with van der Waals surface area (Å²) in [5, 5.41) is 0. The number of hydrogen-bond acceptors (Lipinski definition) is 3. The molecule has 1 amide bonds. The molecule has 1 aliphatic rings. The van der Waals surface area contributed by atoms with Crippen LogP contribution in [0.25, 0.3) is 0 Å². The molecule has 0 unspecified atom stereocenters. The molecular weight excluding hydrogens is 408 g/mol. The van der Waals surface area contributed by atoms with Gasteiger partial charge in [-0.15, -0.1) is 0 Å². The fraction of sp³-hybridized carbons (Fsp3) is 0.263. The number of rotatable bonds is 3. The Morgan fingerprint density at radius 2 is 1.96 bits per heavy atom. The molecule has 1 aliphatic heterocycles. The van der Waals surface area contributed by atoms with Crippen LogP contribution < -0.4 is 9.64 Å². The van der Waals surface area contributed by atoms with Gasteiger partial charge in [0, 0.05) is 4.47 Å². The van der Waals surface area contributed by atoms with Gasteiger partial charge >= 0.3 is 0 Å². The second kappa shape index (κ2) is 7.15. The van der Waals surface area contributed by atoms with Crippen LogP contribution in [-0.2, 0) is 0 Å². The quantitative estimate of drug-likeness (QED) is 0.671. The van der Waals surface area contributed by atoms with E-state index in [-0.39, 0.29) is 46.1 Å². The minimum absolute atomic E-state index is 0.0562. The molecule has 3 rings (SSSR count). The zero-order valence-corrected chi connectivity index (χ0v) is 15.8. The monoisotopic (exact) mass is 423 g/mol. The number of hydrogen-bond donors (Lipinski definition) is 0. The lowest BCUT2D eigenvalue weighted by atomic mass is 9.99. The van der Waals surface area contributed by atoms with Crippen LogP contribution in [0, 0.1) is 11.6 Å². The molecule has 0 spiro atoms. The number of anilines is 1. The van der Waals surface area contributed by atoms with Crippen molar-refractivity contribution in [3.63, 3.8) is 0 Å². The van der Waals surface area contributed by atoms with Crippen molar-refractivity contribution in [3.8, 4) is 5.75 Å². The Morgan fingerprint density at radius 3 is 2.62 bits per heavy atom. The summed E-state index contributed by atoms with van der Waals surface area (Å²) in [6.07, 6.45) is 0.525. The van der Waals surface area contributed by atoms with E-state index in [1.807, 2.05) is 13.8 Å². The largest absolute Gasteiger partial charge is 0.491 e. The first-order valence-electron chi connectivity index (χ1n) is 8.05. The standard InChI is InChI=1S/C19H16BrF2NO3/c1-10(2)11-5-15(22)18-17(6-11)26-4-3-23(19(18)25)16-8-12(21)7-14(20)13(16)9-24/h5-10H,3-4H2,1-2H3. The Bertz CT molecular complexity index is 899. The molecule has 0 aromatic heterocycles. The smallest absolute Gasteiger partial charge is 0.265 e. The maximum absolute atomic E-state index is 14.7. The van der Waals surface area contributed by atoms with Crippen LogP contribution >= 0.6 is 15.9 Å². The average Bonchev–Trinajstić information content (AvgIpc) is 2.73. The summed E-state index contributed by atoms with van der Waals surface area (Å²) in [7, 11) is 0. The van der Waals surface area contributed by atoms with E-state index in [4.69, 9.17) is 4.74 Å². The third kappa shape index (κ3) is 3.23. The van der Waals surface area contributed by atoms with E-state index in [1.165, 1.54) is 11.0 Å². The van der Waals surface area contributed by atoms with Gasteiger partial charge in [-0.1, -0.05) is 13.8 Å². The summed E-state index contributed by atoms with van der Waals surface area (Å²) in [5.74, 6) is -1.78. The van der Waals surface area contributed by atoms with Crippen LogP contribution in [0.15, 0.2) is 28.7 Å². The summed E-state index contributed by atoms with van der Waals surface area (Å²) in [5.41, 5.74) is 0.678. The third-order valence-corrected chi connectivity index (χ3v) is 4.91. The Labute approximate surface area is 157 Å². The van der Waals surface area contributed by atoms with Crippen LogP contribution in [0.2, 0.25) is 0 Å². The number of fused-ring (bicyclic) bond motifs is 1. The van der Waals surface area contributed by atoms with Crippen molar-refractivity contribution in [3.05, 3.63) is 57.1 Å². The molecule has 0 aliphatic carbocycles. The van der Waals surface area contributed by atoms with E-state index in [9.17, 15) is 18.4 Å². The topological polar surface area (TPSA) is 46.6 Å². The highest BCUT2D eigenvalue weighted by molar-refractivity contribution is 9.10. The molecule has 26 heavy (non-hydrogen) atoms.